The van der Waals surface area contributed by atoms with Gasteiger partial charge in [0.15, 0.2) is 0 Å². The lowest BCUT2D eigenvalue weighted by molar-refractivity contribution is -0.139. The third-order valence-corrected chi connectivity index (χ3v) is 4.64. The topological polar surface area (TPSA) is 15.3 Å². The summed E-state index contributed by atoms with van der Waals surface area (Å²) in [6, 6.07) is 1.35. The number of nitrogens with one attached hydrogen (secondary N) is 1. The standard InChI is InChI=1S/C15H17ClF4N2/c16-11-4-3-10(15(18,19)20)12(13(11)17)14(9-1-2-9)22-7-5-21-6-8-22/h3-4,9,14,21H,1-2,5-8H2/t14-/m1/s1. The lowest BCUT2D eigenvalue weighted by atomic mass is 9.93. The Balaban J connectivity index is 2.08. The molecule has 1 heterocycles. The number of alkyl halides is 3. The Hall–Kier alpha value is -0.850. The molecule has 1 aliphatic carbocycles. The van der Waals surface area contributed by atoms with Gasteiger partial charge in [-0.1, -0.05) is 11.6 Å². The predicted octanol–water partition coefficient (Wildman–Crippen LogP) is 3.85. The largest absolute Gasteiger partial charge is 0.416 e. The molecule has 0 spiro atoms. The summed E-state index contributed by atoms with van der Waals surface area (Å²) in [5.74, 6) is -0.848. The van der Waals surface area contributed by atoms with Crippen LogP contribution in [0, 0.1) is 11.7 Å². The summed E-state index contributed by atoms with van der Waals surface area (Å²) in [7, 11) is 0. The summed E-state index contributed by atoms with van der Waals surface area (Å²) in [4.78, 5) is 1.96. The fourth-order valence-corrected chi connectivity index (χ4v) is 3.36. The minimum atomic E-state index is -4.58. The number of hydrogen-bond acceptors (Lipinski definition) is 2. The third-order valence-electron chi connectivity index (χ3n) is 4.35. The molecule has 7 heteroatoms. The molecule has 1 saturated carbocycles. The Morgan fingerprint density at radius 2 is 1.82 bits per heavy atom. The lowest BCUT2D eigenvalue weighted by Crippen LogP contribution is -2.46. The molecule has 1 atom stereocenters. The summed E-state index contributed by atoms with van der Waals surface area (Å²) < 4.78 is 54.5. The second kappa shape index (κ2) is 5.98. The summed E-state index contributed by atoms with van der Waals surface area (Å²) >= 11 is 5.77. The van der Waals surface area contributed by atoms with Crippen LogP contribution in [0.25, 0.3) is 0 Å². The molecule has 2 nitrogen and oxygen atoms in total. The quantitative estimate of drug-likeness (QED) is 0.843. The molecule has 0 unspecified atom stereocenters. The van der Waals surface area contributed by atoms with Gasteiger partial charge in [-0.25, -0.2) is 4.39 Å². The molecule has 0 aromatic heterocycles. The zero-order valence-corrected chi connectivity index (χ0v) is 12.6. The van der Waals surface area contributed by atoms with Crippen LogP contribution in [0.4, 0.5) is 17.6 Å². The number of rotatable bonds is 3. The Kier molecular flexibility index (Phi) is 4.36. The van der Waals surface area contributed by atoms with Crippen LogP contribution in [-0.4, -0.2) is 31.1 Å². The van der Waals surface area contributed by atoms with Gasteiger partial charge in [0.2, 0.25) is 0 Å². The van der Waals surface area contributed by atoms with Gasteiger partial charge in [0.25, 0.3) is 0 Å². The van der Waals surface area contributed by atoms with Crippen molar-refractivity contribution in [1.82, 2.24) is 10.2 Å². The maximum Gasteiger partial charge on any atom is 0.416 e. The number of piperazine rings is 1. The fourth-order valence-electron chi connectivity index (χ4n) is 3.19. The number of halogens is 5. The lowest BCUT2D eigenvalue weighted by Gasteiger charge is -2.36. The molecule has 1 N–H and O–H groups in total. The van der Waals surface area contributed by atoms with Gasteiger partial charge < -0.3 is 5.32 Å². The van der Waals surface area contributed by atoms with Crippen LogP contribution >= 0.6 is 11.6 Å². The molecule has 1 aromatic carbocycles. The van der Waals surface area contributed by atoms with E-state index >= 15 is 0 Å². The van der Waals surface area contributed by atoms with E-state index in [2.05, 4.69) is 5.32 Å². The highest BCUT2D eigenvalue weighted by atomic mass is 35.5. The SMILES string of the molecule is Fc1c(Cl)ccc(C(F)(F)F)c1[C@@H](C1CC1)N1CCNCC1. The Labute approximate surface area is 131 Å². The Morgan fingerprint density at radius 1 is 1.18 bits per heavy atom. The summed E-state index contributed by atoms with van der Waals surface area (Å²) in [5.41, 5.74) is -1.17. The van der Waals surface area contributed by atoms with Crippen molar-refractivity contribution in [2.75, 3.05) is 26.2 Å². The van der Waals surface area contributed by atoms with Gasteiger partial charge >= 0.3 is 6.18 Å². The smallest absolute Gasteiger partial charge is 0.314 e. The Morgan fingerprint density at radius 3 is 2.36 bits per heavy atom. The second-order valence-corrected chi connectivity index (χ2v) is 6.30. The third kappa shape index (κ3) is 3.09. The fraction of sp³-hybridized carbons (Fsp3) is 0.600. The van der Waals surface area contributed by atoms with Crippen LogP contribution in [0.2, 0.25) is 5.02 Å². The van der Waals surface area contributed by atoms with Crippen molar-refractivity contribution in [2.24, 2.45) is 5.92 Å². The second-order valence-electron chi connectivity index (χ2n) is 5.89. The normalized spacial score (nSPS) is 21.9. The molecule has 22 heavy (non-hydrogen) atoms. The predicted molar refractivity (Wildman–Crippen MR) is 76.3 cm³/mol. The van der Waals surface area contributed by atoms with Crippen molar-refractivity contribution in [3.05, 3.63) is 34.1 Å². The van der Waals surface area contributed by atoms with E-state index < -0.39 is 23.6 Å². The van der Waals surface area contributed by atoms with Gasteiger partial charge in [0.05, 0.1) is 10.6 Å². The molecule has 1 saturated heterocycles. The van der Waals surface area contributed by atoms with Crippen LogP contribution in [0.15, 0.2) is 12.1 Å². The minimum absolute atomic E-state index is 0.0761. The molecule has 0 radical (unpaired) electrons. The molecule has 3 rings (SSSR count). The van der Waals surface area contributed by atoms with Gasteiger partial charge in [-0.2, -0.15) is 13.2 Å². The Bertz CT molecular complexity index is 551. The van der Waals surface area contributed by atoms with Crippen LogP contribution in [0.1, 0.15) is 30.0 Å². The molecule has 2 fully saturated rings. The van der Waals surface area contributed by atoms with E-state index in [1.54, 1.807) is 0 Å². The van der Waals surface area contributed by atoms with Crippen LogP contribution in [0.3, 0.4) is 0 Å². The molecule has 0 amide bonds. The van der Waals surface area contributed by atoms with Gasteiger partial charge in [-0.05, 0) is 30.9 Å². The van der Waals surface area contributed by atoms with E-state index in [0.29, 0.717) is 26.2 Å². The molecule has 0 bridgehead atoms. The molecular weight excluding hydrogens is 320 g/mol. The van der Waals surface area contributed by atoms with E-state index in [9.17, 15) is 17.6 Å². The summed E-state index contributed by atoms with van der Waals surface area (Å²) in [5, 5.41) is 2.92. The molecule has 1 aliphatic heterocycles. The maximum atomic E-state index is 14.5. The zero-order chi connectivity index (χ0) is 15.9. The van der Waals surface area contributed by atoms with Crippen LogP contribution in [-0.2, 0) is 6.18 Å². The molecule has 122 valence electrons. The van der Waals surface area contributed by atoms with Crippen molar-refractivity contribution in [2.45, 2.75) is 25.1 Å². The molecule has 1 aromatic rings. The first-order valence-electron chi connectivity index (χ1n) is 7.39. The first-order valence-corrected chi connectivity index (χ1v) is 7.77. The zero-order valence-electron chi connectivity index (χ0n) is 11.9. The van der Waals surface area contributed by atoms with E-state index in [1.165, 1.54) is 0 Å². The highest BCUT2D eigenvalue weighted by molar-refractivity contribution is 6.30. The average molecular weight is 337 g/mol. The summed E-state index contributed by atoms with van der Waals surface area (Å²) in [6.07, 6.45) is -2.92. The summed E-state index contributed by atoms with van der Waals surface area (Å²) in [6.45, 7) is 2.63. The van der Waals surface area contributed by atoms with Crippen molar-refractivity contribution < 1.29 is 17.6 Å². The number of nitrogens with zero attached hydrogens (tertiary/aromatic N) is 1. The van der Waals surface area contributed by atoms with E-state index in [0.717, 1.165) is 25.0 Å². The average Bonchev–Trinajstić information content (AvgIpc) is 3.28. The monoisotopic (exact) mass is 336 g/mol. The first kappa shape index (κ1) is 16.0. The van der Waals surface area contributed by atoms with E-state index in [-0.39, 0.29) is 16.5 Å². The van der Waals surface area contributed by atoms with Crippen molar-refractivity contribution in [1.29, 1.82) is 0 Å². The van der Waals surface area contributed by atoms with Gasteiger partial charge in [-0.3, -0.25) is 4.90 Å². The van der Waals surface area contributed by atoms with Crippen molar-refractivity contribution >= 4 is 11.6 Å². The highest BCUT2D eigenvalue weighted by Crippen LogP contribution is 2.49. The maximum absolute atomic E-state index is 14.5. The van der Waals surface area contributed by atoms with Gasteiger partial charge in [-0.15, -0.1) is 0 Å². The molecular formula is C15H17ClF4N2. The molecule has 2 aliphatic rings. The first-order chi connectivity index (χ1) is 10.4. The van der Waals surface area contributed by atoms with Crippen molar-refractivity contribution in [3.63, 3.8) is 0 Å². The van der Waals surface area contributed by atoms with Gasteiger partial charge in [0, 0.05) is 37.8 Å². The number of hydrogen-bond donors (Lipinski definition) is 1. The van der Waals surface area contributed by atoms with Crippen molar-refractivity contribution in [3.8, 4) is 0 Å². The van der Waals surface area contributed by atoms with Crippen LogP contribution in [0.5, 0.6) is 0 Å². The minimum Gasteiger partial charge on any atom is -0.314 e. The van der Waals surface area contributed by atoms with E-state index in [4.69, 9.17) is 11.6 Å². The van der Waals surface area contributed by atoms with Crippen LogP contribution < -0.4 is 5.32 Å². The highest BCUT2D eigenvalue weighted by Gasteiger charge is 2.44. The van der Waals surface area contributed by atoms with Gasteiger partial charge in [0.1, 0.15) is 5.82 Å². The number of benzene rings is 1. The van der Waals surface area contributed by atoms with E-state index in [1.807, 2.05) is 4.90 Å².